The van der Waals surface area contributed by atoms with Gasteiger partial charge in [-0.15, -0.1) is 0 Å². The third-order valence-electron chi connectivity index (χ3n) is 11.9. The Labute approximate surface area is 469 Å². The maximum absolute atomic E-state index is 12.7. The molecule has 0 fully saturated rings. The summed E-state index contributed by atoms with van der Waals surface area (Å²) in [7, 11) is 11.1. The third-order valence-corrected chi connectivity index (χ3v) is 11.9. The summed E-state index contributed by atoms with van der Waals surface area (Å²) in [6, 6.07) is -1.55. The molecular weight excluding hydrogens is 1100 g/mol. The summed E-state index contributed by atoms with van der Waals surface area (Å²) < 4.78 is 4.99. The third kappa shape index (κ3) is 30.3. The molecular formula is C41H87B3N7O30. The molecule has 81 heavy (non-hydrogen) atoms. The highest BCUT2D eigenvalue weighted by Gasteiger charge is 2.42. The molecule has 0 aromatic heterocycles. The van der Waals surface area contributed by atoms with Crippen molar-refractivity contribution in [3.8, 4) is 0 Å². The van der Waals surface area contributed by atoms with Crippen LogP contribution in [0.1, 0.15) is 6.42 Å². The van der Waals surface area contributed by atoms with Crippen LogP contribution < -0.4 is 32.1 Å². The van der Waals surface area contributed by atoms with E-state index in [4.69, 9.17) is 30.3 Å². The summed E-state index contributed by atoms with van der Waals surface area (Å²) in [5, 5.41) is 262. The SMILES string of the molecule is CN(CCNC(=O)C(O)C(O)C(O)C(O)CO)CCNC(=O)C(O)C(O)C(O)C(O)CO.CNCC(CNCOC(O)C(O)C(O)C(O)CO)(CNC(=O)C(O)C(O)C(O)C(O)CO)CC(NO)C(O)C(O)C(O)C(O)CO.[B].[B][B]. The number of nitrogens with one attached hydrogen (secondary N) is 6. The zero-order chi connectivity index (χ0) is 62.8. The molecule has 0 aliphatic heterocycles. The molecule has 40 heteroatoms. The van der Waals surface area contributed by atoms with Gasteiger partial charge >= 0.3 is 0 Å². The Morgan fingerprint density at radius 2 is 0.790 bits per heavy atom. The van der Waals surface area contributed by atoms with Gasteiger partial charge in [-0.25, -0.2) is 0 Å². The van der Waals surface area contributed by atoms with Gasteiger partial charge in [-0.3, -0.25) is 19.7 Å². The standard InChI is InChI=1S/C24H52N4O18.C17H35N3O12.B2.B/c1-25-6-24(2-10(28-45)14(35)18(39)15(36)11(32)3-29,7-26-9-46-23(44)21(42)17(38)13(34)5-31)8-27-22(43)20(41)19(40)16(37)12(33)4-30;1-20(4-2-18-16(31)14(29)12(27)10(25)8(23)6-21)5-3-19-17(32)15(30)13(28)11(26)9(24)7-22;1-2;/h10-21,23,25-26,28-42,44-45H,2-9H2,1H3,(H,27,43);8-15,21-30H,2-7H2,1H3,(H,18,31)(H,19,32);;. The number of hydroxylamine groups is 1. The van der Waals surface area contributed by atoms with E-state index in [0.717, 1.165) is 0 Å². The monoisotopic (exact) mass is 1190 g/mol. The molecule has 0 rings (SSSR count). The van der Waals surface area contributed by atoms with Gasteiger partial charge in [0.1, 0.15) is 97.7 Å². The van der Waals surface area contributed by atoms with E-state index in [9.17, 15) is 122 Å². The van der Waals surface area contributed by atoms with Gasteiger partial charge in [0.2, 0.25) is 0 Å². The van der Waals surface area contributed by atoms with Crippen LogP contribution in [0, 0.1) is 5.41 Å². The van der Waals surface area contributed by atoms with Crippen LogP contribution in [0.15, 0.2) is 0 Å². The Bertz CT molecular complexity index is 1570. The summed E-state index contributed by atoms with van der Waals surface area (Å²) in [5.74, 6) is -3.34. The first-order valence-corrected chi connectivity index (χ1v) is 24.2. The first kappa shape index (κ1) is 84.8. The van der Waals surface area contributed by atoms with Crippen LogP contribution in [0.2, 0.25) is 0 Å². The Balaban J connectivity index is -0.000000743. The van der Waals surface area contributed by atoms with E-state index in [-0.39, 0.29) is 47.7 Å². The maximum Gasteiger partial charge on any atom is 0.251 e. The number of carbonyl (C=O) groups excluding carboxylic acids is 3. The number of aliphatic hydroxyl groups is 25. The van der Waals surface area contributed by atoms with E-state index >= 15 is 0 Å². The fraction of sp³-hybridized carbons (Fsp3) is 0.927. The van der Waals surface area contributed by atoms with Crippen LogP contribution in [0.3, 0.4) is 0 Å². The summed E-state index contributed by atoms with van der Waals surface area (Å²) in [5.41, 5.74) is 0.322. The lowest BCUT2D eigenvalue weighted by atomic mass is 9.78. The quantitative estimate of drug-likeness (QED) is 0.0117. The summed E-state index contributed by atoms with van der Waals surface area (Å²) in [6.45, 7) is -5.79. The average Bonchev–Trinajstić information content (AvgIpc) is 3.47. The van der Waals surface area contributed by atoms with Crippen molar-refractivity contribution in [1.29, 1.82) is 0 Å². The number of hydrogen-bond acceptors (Lipinski definition) is 34. The molecule has 0 aliphatic carbocycles. The zero-order valence-corrected chi connectivity index (χ0v) is 44.5. The van der Waals surface area contributed by atoms with Gasteiger partial charge in [0.05, 0.1) is 45.8 Å². The van der Waals surface area contributed by atoms with Gasteiger partial charge in [-0.1, -0.05) is 0 Å². The first-order chi connectivity index (χ1) is 37.4. The Kier molecular flexibility index (Phi) is 47.8. The second-order valence-corrected chi connectivity index (χ2v) is 18.2. The highest BCUT2D eigenvalue weighted by molar-refractivity contribution is 6.75. The van der Waals surface area contributed by atoms with E-state index in [0.29, 0.717) is 0 Å². The number of rotatable bonds is 42. The second kappa shape index (κ2) is 45.7. The lowest BCUT2D eigenvalue weighted by Crippen LogP contribution is -2.59. The lowest BCUT2D eigenvalue weighted by molar-refractivity contribution is -0.207. The van der Waals surface area contributed by atoms with Crippen molar-refractivity contribution in [2.75, 3.05) is 99.7 Å². The molecule has 0 saturated carbocycles. The lowest BCUT2D eigenvalue weighted by Gasteiger charge is -2.40. The topological polar surface area (TPSA) is 662 Å². The normalized spacial score (nSPS) is 20.3. The van der Waals surface area contributed by atoms with Gasteiger partial charge in [-0.05, 0) is 20.5 Å². The second-order valence-electron chi connectivity index (χ2n) is 18.2. The zero-order valence-electron chi connectivity index (χ0n) is 44.5. The molecule has 0 aromatic carbocycles. The smallest absolute Gasteiger partial charge is 0.251 e. The highest BCUT2D eigenvalue weighted by atomic mass is 16.6. The molecule has 0 bridgehead atoms. The minimum Gasteiger partial charge on any atom is -0.394 e. The average molecular weight is 1190 g/mol. The molecule has 0 heterocycles. The molecule has 37 nitrogen and oxygen atoms in total. The van der Waals surface area contributed by atoms with Crippen LogP contribution in [-0.4, -0.2) is 407 Å². The van der Waals surface area contributed by atoms with Crippen molar-refractivity contribution < 1.29 is 152 Å². The summed E-state index contributed by atoms with van der Waals surface area (Å²) in [6.07, 6.45) is -40.7. The summed E-state index contributed by atoms with van der Waals surface area (Å²) in [4.78, 5) is 37.9. The molecule has 7 radical (unpaired) electrons. The number of aliphatic hydroxyl groups excluding tert-OH is 25. The van der Waals surface area contributed by atoms with Gasteiger partial charge in [0.15, 0.2) is 24.6 Å². The molecule has 0 aliphatic rings. The van der Waals surface area contributed by atoms with Crippen molar-refractivity contribution >= 4 is 41.6 Å². The predicted molar refractivity (Wildman–Crippen MR) is 273 cm³/mol. The number of carbonyl (C=O) groups is 3. The minimum atomic E-state index is -2.34. The fourth-order valence-electron chi connectivity index (χ4n) is 6.80. The molecule has 475 valence electrons. The number of ether oxygens (including phenoxy) is 1. The molecule has 32 N–H and O–H groups in total. The van der Waals surface area contributed by atoms with Crippen molar-refractivity contribution in [2.45, 2.75) is 135 Å². The number of likely N-dealkylation sites (N-methyl/N-ethyl adjacent to an activating group) is 1. The van der Waals surface area contributed by atoms with Crippen molar-refractivity contribution in [3.63, 3.8) is 0 Å². The molecule has 0 saturated heterocycles. The van der Waals surface area contributed by atoms with Crippen molar-refractivity contribution in [2.24, 2.45) is 5.41 Å². The van der Waals surface area contributed by atoms with E-state index < -0.39 is 204 Å². The highest BCUT2D eigenvalue weighted by Crippen LogP contribution is 2.26. The number of nitrogens with zero attached hydrogens (tertiary/aromatic N) is 1. The Morgan fingerprint density at radius 1 is 0.469 bits per heavy atom. The number of amides is 3. The Hall–Kier alpha value is -2.64. The van der Waals surface area contributed by atoms with E-state index in [1.165, 1.54) is 7.05 Å². The van der Waals surface area contributed by atoms with Gasteiger partial charge in [-0.2, -0.15) is 5.48 Å². The Morgan fingerprint density at radius 3 is 1.11 bits per heavy atom. The van der Waals surface area contributed by atoms with Gasteiger partial charge in [0, 0.05) is 75.1 Å². The van der Waals surface area contributed by atoms with Crippen LogP contribution in [0.5, 0.6) is 0 Å². The van der Waals surface area contributed by atoms with Gasteiger partial charge in [0.25, 0.3) is 17.7 Å². The fourth-order valence-corrected chi connectivity index (χ4v) is 6.80. The van der Waals surface area contributed by atoms with Crippen LogP contribution in [0.4, 0.5) is 0 Å². The molecule has 22 unspecified atom stereocenters. The number of hydrogen-bond donors (Lipinski definition) is 32. The van der Waals surface area contributed by atoms with Crippen molar-refractivity contribution in [3.05, 3.63) is 0 Å². The molecule has 3 amide bonds. The van der Waals surface area contributed by atoms with E-state index in [1.807, 2.05) is 0 Å². The van der Waals surface area contributed by atoms with Crippen LogP contribution >= 0.6 is 0 Å². The largest absolute Gasteiger partial charge is 0.394 e. The first-order valence-electron chi connectivity index (χ1n) is 24.2. The van der Waals surface area contributed by atoms with E-state index in [2.05, 4.69) is 42.1 Å². The predicted octanol–water partition coefficient (Wildman–Crippen LogP) is -20.2. The maximum atomic E-state index is 12.7. The van der Waals surface area contributed by atoms with Gasteiger partial charge < -0.3 is 164 Å². The molecule has 0 spiro atoms. The van der Waals surface area contributed by atoms with Crippen LogP contribution in [-0.2, 0) is 19.1 Å². The summed E-state index contributed by atoms with van der Waals surface area (Å²) >= 11 is 0. The minimum absolute atomic E-state index is 0. The van der Waals surface area contributed by atoms with E-state index in [1.54, 1.807) is 17.4 Å². The van der Waals surface area contributed by atoms with Crippen molar-refractivity contribution in [1.82, 2.24) is 37.0 Å². The van der Waals surface area contributed by atoms with Crippen LogP contribution in [0.25, 0.3) is 0 Å². The molecule has 22 atom stereocenters. The molecule has 0 aromatic rings.